The predicted molar refractivity (Wildman–Crippen MR) is 87.9 cm³/mol. The molecule has 1 aliphatic heterocycles. The van der Waals surface area contributed by atoms with Crippen LogP contribution in [0.1, 0.15) is 6.42 Å². The predicted octanol–water partition coefficient (Wildman–Crippen LogP) is 3.07. The molecule has 0 spiro atoms. The number of hydrogen-bond acceptors (Lipinski definition) is 3. The van der Waals surface area contributed by atoms with Gasteiger partial charge >= 0.3 is 0 Å². The van der Waals surface area contributed by atoms with Crippen LogP contribution in [0.2, 0.25) is 0 Å². The maximum Gasteiger partial charge on any atom is 0.120 e. The average Bonchev–Trinajstić information content (AvgIpc) is 2.65. The van der Waals surface area contributed by atoms with Crippen LogP contribution < -0.4 is 4.74 Å². The number of alkyl halides is 1. The van der Waals surface area contributed by atoms with Gasteiger partial charge in [0, 0.05) is 36.5 Å². The Balaban J connectivity index is 1.69. The van der Waals surface area contributed by atoms with Gasteiger partial charge in [0.25, 0.3) is 0 Å². The van der Waals surface area contributed by atoms with E-state index < -0.39 is 0 Å². The molecule has 3 nitrogen and oxygen atoms in total. The van der Waals surface area contributed by atoms with E-state index in [9.17, 15) is 0 Å². The van der Waals surface area contributed by atoms with Crippen molar-refractivity contribution in [3.8, 4) is 5.75 Å². The molecule has 1 aliphatic rings. The minimum Gasteiger partial charge on any atom is -0.492 e. The number of rotatable bonds is 6. The maximum absolute atomic E-state index is 5.81. The normalized spacial score (nSPS) is 17.9. The number of nitrogens with zero attached hydrogens (tertiary/aromatic N) is 2. The molecular formula is C15H22BrClN2O. The molecule has 1 fully saturated rings. The van der Waals surface area contributed by atoms with E-state index in [0.29, 0.717) is 0 Å². The van der Waals surface area contributed by atoms with Crippen molar-refractivity contribution in [3.05, 3.63) is 28.7 Å². The number of hydrogen-bond donors (Lipinski definition) is 0. The molecule has 0 unspecified atom stereocenters. The van der Waals surface area contributed by atoms with Gasteiger partial charge in [0.2, 0.25) is 0 Å². The fourth-order valence-electron chi connectivity index (χ4n) is 2.44. The van der Waals surface area contributed by atoms with Crippen LogP contribution in [0.4, 0.5) is 0 Å². The highest BCUT2D eigenvalue weighted by molar-refractivity contribution is 9.10. The molecule has 0 saturated carbocycles. The molecule has 1 heterocycles. The quantitative estimate of drug-likeness (QED) is 0.724. The Kier molecular flexibility index (Phi) is 7.14. The van der Waals surface area contributed by atoms with E-state index in [1.165, 1.54) is 6.42 Å². The molecule has 0 bridgehead atoms. The van der Waals surface area contributed by atoms with Crippen LogP contribution in [0.5, 0.6) is 5.75 Å². The van der Waals surface area contributed by atoms with Crippen molar-refractivity contribution < 1.29 is 4.74 Å². The van der Waals surface area contributed by atoms with Crippen LogP contribution in [0.25, 0.3) is 0 Å². The molecule has 0 radical (unpaired) electrons. The van der Waals surface area contributed by atoms with E-state index in [0.717, 1.165) is 62.0 Å². The summed E-state index contributed by atoms with van der Waals surface area (Å²) in [4.78, 5) is 4.92. The molecule has 1 saturated heterocycles. The van der Waals surface area contributed by atoms with E-state index in [1.807, 2.05) is 24.3 Å². The first-order valence-corrected chi connectivity index (χ1v) is 8.50. The van der Waals surface area contributed by atoms with Gasteiger partial charge in [-0.2, -0.15) is 0 Å². The van der Waals surface area contributed by atoms with Crippen molar-refractivity contribution in [1.29, 1.82) is 0 Å². The van der Waals surface area contributed by atoms with Crippen LogP contribution in [0.3, 0.4) is 0 Å². The van der Waals surface area contributed by atoms with Crippen LogP contribution >= 0.6 is 27.5 Å². The Hall–Kier alpha value is -0.290. The third-order valence-electron chi connectivity index (χ3n) is 3.55. The minimum absolute atomic E-state index is 0.728. The molecule has 0 amide bonds. The lowest BCUT2D eigenvalue weighted by atomic mass is 10.3. The van der Waals surface area contributed by atoms with Gasteiger partial charge in [0.1, 0.15) is 12.4 Å². The molecule has 0 aliphatic carbocycles. The van der Waals surface area contributed by atoms with Gasteiger partial charge in [-0.05, 0) is 37.7 Å². The van der Waals surface area contributed by atoms with E-state index in [1.54, 1.807) is 0 Å². The summed E-state index contributed by atoms with van der Waals surface area (Å²) in [7, 11) is 0. The minimum atomic E-state index is 0.728. The SMILES string of the molecule is ClCCN1CCCN(CCOc2cccc(Br)c2)CC1. The number of ether oxygens (including phenoxy) is 1. The molecule has 5 heteroatoms. The molecule has 0 atom stereocenters. The highest BCUT2D eigenvalue weighted by Gasteiger charge is 2.13. The first kappa shape index (κ1) is 16.1. The Morgan fingerprint density at radius 2 is 1.85 bits per heavy atom. The highest BCUT2D eigenvalue weighted by Crippen LogP contribution is 2.17. The van der Waals surface area contributed by atoms with Crippen molar-refractivity contribution >= 4 is 27.5 Å². The van der Waals surface area contributed by atoms with Crippen molar-refractivity contribution in [3.63, 3.8) is 0 Å². The van der Waals surface area contributed by atoms with Gasteiger partial charge in [-0.15, -0.1) is 11.6 Å². The third kappa shape index (κ3) is 5.60. The zero-order chi connectivity index (χ0) is 14.2. The van der Waals surface area contributed by atoms with Gasteiger partial charge < -0.3 is 9.64 Å². The van der Waals surface area contributed by atoms with E-state index in [2.05, 4.69) is 25.7 Å². The molecular weight excluding hydrogens is 340 g/mol. The second-order valence-electron chi connectivity index (χ2n) is 5.03. The summed E-state index contributed by atoms with van der Waals surface area (Å²) in [5.41, 5.74) is 0. The summed E-state index contributed by atoms with van der Waals surface area (Å²) < 4.78 is 6.86. The fourth-order valence-corrected chi connectivity index (χ4v) is 3.06. The Morgan fingerprint density at radius 3 is 2.55 bits per heavy atom. The first-order valence-electron chi connectivity index (χ1n) is 7.17. The summed E-state index contributed by atoms with van der Waals surface area (Å²) >= 11 is 9.27. The summed E-state index contributed by atoms with van der Waals surface area (Å²) in [5.74, 6) is 1.66. The Morgan fingerprint density at radius 1 is 1.10 bits per heavy atom. The zero-order valence-electron chi connectivity index (χ0n) is 11.7. The van der Waals surface area contributed by atoms with Gasteiger partial charge in [-0.25, -0.2) is 0 Å². The average molecular weight is 362 g/mol. The number of halogens is 2. The molecule has 2 rings (SSSR count). The van der Waals surface area contributed by atoms with E-state index >= 15 is 0 Å². The van der Waals surface area contributed by atoms with Crippen molar-refractivity contribution in [1.82, 2.24) is 9.80 Å². The Bertz CT molecular complexity index is 405. The monoisotopic (exact) mass is 360 g/mol. The highest BCUT2D eigenvalue weighted by atomic mass is 79.9. The molecule has 1 aromatic carbocycles. The number of benzene rings is 1. The van der Waals surface area contributed by atoms with E-state index in [4.69, 9.17) is 16.3 Å². The van der Waals surface area contributed by atoms with Crippen LogP contribution in [0.15, 0.2) is 28.7 Å². The van der Waals surface area contributed by atoms with Crippen molar-refractivity contribution in [2.45, 2.75) is 6.42 Å². The summed E-state index contributed by atoms with van der Waals surface area (Å²) in [6, 6.07) is 8.00. The fraction of sp³-hybridized carbons (Fsp3) is 0.600. The molecule has 0 aromatic heterocycles. The van der Waals surface area contributed by atoms with Gasteiger partial charge in [0.15, 0.2) is 0 Å². The second-order valence-corrected chi connectivity index (χ2v) is 6.33. The standard InChI is InChI=1S/C15H22BrClN2O/c16-14-3-1-4-15(13-14)20-12-11-19-7-2-6-18(8-5-17)9-10-19/h1,3-4,13H,2,5-12H2. The lowest BCUT2D eigenvalue weighted by Gasteiger charge is -2.21. The molecule has 0 N–H and O–H groups in total. The van der Waals surface area contributed by atoms with Crippen LogP contribution in [0, 0.1) is 0 Å². The smallest absolute Gasteiger partial charge is 0.120 e. The third-order valence-corrected chi connectivity index (χ3v) is 4.22. The Labute approximate surface area is 135 Å². The maximum atomic E-state index is 5.81. The van der Waals surface area contributed by atoms with Crippen LogP contribution in [-0.2, 0) is 0 Å². The van der Waals surface area contributed by atoms with Gasteiger partial charge in [0.05, 0.1) is 0 Å². The topological polar surface area (TPSA) is 15.7 Å². The van der Waals surface area contributed by atoms with Crippen LogP contribution in [-0.4, -0.2) is 61.6 Å². The zero-order valence-corrected chi connectivity index (χ0v) is 14.1. The molecule has 1 aromatic rings. The van der Waals surface area contributed by atoms with Gasteiger partial charge in [-0.1, -0.05) is 22.0 Å². The summed E-state index contributed by atoms with van der Waals surface area (Å²) in [6.07, 6.45) is 1.22. The summed E-state index contributed by atoms with van der Waals surface area (Å²) in [5, 5.41) is 0. The molecule has 112 valence electrons. The summed E-state index contributed by atoms with van der Waals surface area (Å²) in [6.45, 7) is 7.27. The second kappa shape index (κ2) is 8.88. The lowest BCUT2D eigenvalue weighted by Crippen LogP contribution is -2.34. The lowest BCUT2D eigenvalue weighted by molar-refractivity contribution is 0.210. The van der Waals surface area contributed by atoms with Crippen molar-refractivity contribution in [2.75, 3.05) is 51.8 Å². The largest absolute Gasteiger partial charge is 0.492 e. The molecule has 20 heavy (non-hydrogen) atoms. The van der Waals surface area contributed by atoms with Crippen molar-refractivity contribution in [2.24, 2.45) is 0 Å². The van der Waals surface area contributed by atoms with Gasteiger partial charge in [-0.3, -0.25) is 4.90 Å². The first-order chi connectivity index (χ1) is 9.78. The van der Waals surface area contributed by atoms with E-state index in [-0.39, 0.29) is 0 Å².